The summed E-state index contributed by atoms with van der Waals surface area (Å²) < 4.78 is 33.6. The van der Waals surface area contributed by atoms with Gasteiger partial charge < -0.3 is 4.74 Å². The fraction of sp³-hybridized carbons (Fsp3) is 0.364. The molecule has 0 saturated carbocycles. The number of nitrogens with zero attached hydrogens (tertiary/aromatic N) is 3. The molecular weight excluding hydrogens is 444 g/mol. The van der Waals surface area contributed by atoms with Gasteiger partial charge in [0.15, 0.2) is 10.9 Å². The van der Waals surface area contributed by atoms with Crippen LogP contribution in [0.5, 0.6) is 0 Å². The summed E-state index contributed by atoms with van der Waals surface area (Å²) >= 11 is 1.12. The van der Waals surface area contributed by atoms with Gasteiger partial charge >= 0.3 is 0 Å². The first-order valence-corrected chi connectivity index (χ1v) is 10.7. The molecule has 4 rings (SSSR count). The zero-order valence-corrected chi connectivity index (χ0v) is 19.0. The van der Waals surface area contributed by atoms with E-state index >= 15 is 0 Å². The lowest BCUT2D eigenvalue weighted by Gasteiger charge is -2.29. The van der Waals surface area contributed by atoms with Gasteiger partial charge in [0.25, 0.3) is 5.91 Å². The molecule has 9 heteroatoms. The number of aromatic nitrogens is 1. The third-order valence-corrected chi connectivity index (χ3v) is 6.40. The van der Waals surface area contributed by atoms with Crippen LogP contribution in [-0.2, 0) is 4.74 Å². The quantitative estimate of drug-likeness (QED) is 0.550. The molecule has 1 aliphatic rings. The van der Waals surface area contributed by atoms with Crippen LogP contribution in [0.3, 0.4) is 0 Å². The van der Waals surface area contributed by atoms with Crippen LogP contribution in [0.25, 0.3) is 10.2 Å². The molecule has 0 bridgehead atoms. The van der Waals surface area contributed by atoms with Crippen molar-refractivity contribution in [1.82, 2.24) is 9.88 Å². The number of carbonyl (C=O) groups excluding carboxylic acids is 1. The van der Waals surface area contributed by atoms with Crippen molar-refractivity contribution in [2.45, 2.75) is 13.8 Å². The minimum atomic E-state index is -0.723. The van der Waals surface area contributed by atoms with Crippen LogP contribution in [0.1, 0.15) is 21.5 Å². The zero-order chi connectivity index (χ0) is 21.3. The second-order valence-corrected chi connectivity index (χ2v) is 8.45. The van der Waals surface area contributed by atoms with E-state index in [-0.39, 0.29) is 23.8 Å². The number of anilines is 1. The molecule has 0 N–H and O–H groups in total. The third kappa shape index (κ3) is 5.20. The monoisotopic (exact) mass is 467 g/mol. The number of hydrogen-bond donors (Lipinski definition) is 0. The van der Waals surface area contributed by atoms with Crippen LogP contribution in [0.2, 0.25) is 0 Å². The van der Waals surface area contributed by atoms with E-state index in [1.54, 1.807) is 11.0 Å². The van der Waals surface area contributed by atoms with Crippen LogP contribution in [0, 0.1) is 25.5 Å². The Bertz CT molecular complexity index is 1090. The van der Waals surface area contributed by atoms with Gasteiger partial charge in [-0.05, 0) is 43.2 Å². The highest BCUT2D eigenvalue weighted by Gasteiger charge is 2.24. The molecule has 1 saturated heterocycles. The maximum atomic E-state index is 14.2. The number of aryl methyl sites for hydroxylation is 2. The molecule has 2 aromatic carbocycles. The minimum absolute atomic E-state index is 0. The van der Waals surface area contributed by atoms with Gasteiger partial charge in [-0.15, -0.1) is 12.4 Å². The van der Waals surface area contributed by atoms with Gasteiger partial charge in [0.1, 0.15) is 11.3 Å². The fourth-order valence-corrected chi connectivity index (χ4v) is 4.47. The summed E-state index contributed by atoms with van der Waals surface area (Å²) in [6.07, 6.45) is 0. The van der Waals surface area contributed by atoms with Crippen molar-refractivity contribution < 1.29 is 18.3 Å². The van der Waals surface area contributed by atoms with Crippen LogP contribution in [0.15, 0.2) is 30.3 Å². The van der Waals surface area contributed by atoms with Crippen LogP contribution in [0.4, 0.5) is 13.9 Å². The average molecular weight is 468 g/mol. The number of ether oxygens (including phenoxy) is 1. The Morgan fingerprint density at radius 3 is 2.61 bits per heavy atom. The Balaban J connectivity index is 0.00000272. The molecule has 1 fully saturated rings. The van der Waals surface area contributed by atoms with E-state index < -0.39 is 11.6 Å². The van der Waals surface area contributed by atoms with Gasteiger partial charge in [-0.3, -0.25) is 14.6 Å². The fourth-order valence-electron chi connectivity index (χ4n) is 3.44. The van der Waals surface area contributed by atoms with Crippen molar-refractivity contribution in [1.29, 1.82) is 0 Å². The normalized spacial score (nSPS) is 14.5. The Morgan fingerprint density at radius 2 is 1.90 bits per heavy atom. The smallest absolute Gasteiger partial charge is 0.260 e. The molecule has 1 aromatic heterocycles. The van der Waals surface area contributed by atoms with E-state index in [1.165, 1.54) is 6.07 Å². The molecular formula is C22H24ClF2N3O2S. The Labute approximate surface area is 190 Å². The van der Waals surface area contributed by atoms with Crippen LogP contribution in [-0.4, -0.2) is 55.2 Å². The first-order chi connectivity index (χ1) is 14.4. The van der Waals surface area contributed by atoms with E-state index in [0.29, 0.717) is 41.7 Å². The molecule has 0 atom stereocenters. The highest BCUT2D eigenvalue weighted by Crippen LogP contribution is 2.32. The van der Waals surface area contributed by atoms with Crippen molar-refractivity contribution in [2.24, 2.45) is 0 Å². The van der Waals surface area contributed by atoms with Crippen LogP contribution < -0.4 is 4.90 Å². The standard InChI is InChI=1S/C22H23F2N3O2S.ClH/c1-14-3-4-16(11-15(14)2)21(28)27(6-5-26-7-9-29-10-8-26)22-25-20-18(24)12-17(23)13-19(20)30-22;/h3-4,11-13H,5-10H2,1-2H3;1H. The van der Waals surface area contributed by atoms with Gasteiger partial charge in [-0.1, -0.05) is 17.4 Å². The lowest BCUT2D eigenvalue weighted by Crippen LogP contribution is -2.43. The molecule has 1 amide bonds. The highest BCUT2D eigenvalue weighted by molar-refractivity contribution is 7.22. The van der Waals surface area contributed by atoms with Gasteiger partial charge in [0, 0.05) is 37.8 Å². The first kappa shape index (κ1) is 23.5. The number of benzene rings is 2. The number of halogens is 3. The topological polar surface area (TPSA) is 45.7 Å². The molecule has 0 radical (unpaired) electrons. The maximum absolute atomic E-state index is 14.2. The molecule has 0 spiro atoms. The Hall–Kier alpha value is -2.13. The van der Waals surface area contributed by atoms with Crippen LogP contribution >= 0.6 is 23.7 Å². The van der Waals surface area contributed by atoms with Gasteiger partial charge in [-0.25, -0.2) is 13.8 Å². The molecule has 5 nitrogen and oxygen atoms in total. The number of amides is 1. The number of carbonyl (C=O) groups is 1. The van der Waals surface area contributed by atoms with Gasteiger partial charge in [-0.2, -0.15) is 0 Å². The number of hydrogen-bond acceptors (Lipinski definition) is 5. The third-order valence-electron chi connectivity index (χ3n) is 5.38. The molecule has 0 unspecified atom stereocenters. The summed E-state index contributed by atoms with van der Waals surface area (Å²) in [7, 11) is 0. The maximum Gasteiger partial charge on any atom is 0.260 e. The Kier molecular flexibility index (Phi) is 7.59. The number of rotatable bonds is 5. The minimum Gasteiger partial charge on any atom is -0.379 e. The molecule has 166 valence electrons. The summed E-state index contributed by atoms with van der Waals surface area (Å²) in [5.74, 6) is -1.58. The SMILES string of the molecule is Cc1ccc(C(=O)N(CCN2CCOCC2)c2nc3c(F)cc(F)cc3s2)cc1C.Cl. The predicted molar refractivity (Wildman–Crippen MR) is 122 cm³/mol. The van der Waals surface area contributed by atoms with E-state index in [4.69, 9.17) is 4.74 Å². The van der Waals surface area contributed by atoms with Crippen molar-refractivity contribution in [3.05, 3.63) is 58.7 Å². The average Bonchev–Trinajstić information content (AvgIpc) is 3.15. The second kappa shape index (κ2) is 9.99. The predicted octanol–water partition coefficient (Wildman–Crippen LogP) is 4.59. The summed E-state index contributed by atoms with van der Waals surface area (Å²) in [4.78, 5) is 21.5. The van der Waals surface area contributed by atoms with Crippen molar-refractivity contribution in [3.63, 3.8) is 0 Å². The number of thiazole rings is 1. The number of fused-ring (bicyclic) bond motifs is 1. The zero-order valence-electron chi connectivity index (χ0n) is 17.4. The number of morpholine rings is 1. The van der Waals surface area contributed by atoms with Gasteiger partial charge in [0.2, 0.25) is 0 Å². The summed E-state index contributed by atoms with van der Waals surface area (Å²) in [6.45, 7) is 7.91. The summed E-state index contributed by atoms with van der Waals surface area (Å²) in [6, 6.07) is 7.62. The molecule has 31 heavy (non-hydrogen) atoms. The van der Waals surface area contributed by atoms with E-state index in [9.17, 15) is 13.6 Å². The molecule has 0 aliphatic carbocycles. The van der Waals surface area contributed by atoms with Crippen molar-refractivity contribution in [3.8, 4) is 0 Å². The molecule has 1 aliphatic heterocycles. The van der Waals surface area contributed by atoms with Crippen molar-refractivity contribution >= 4 is 45.0 Å². The molecule has 2 heterocycles. The lowest BCUT2D eigenvalue weighted by molar-refractivity contribution is 0.0391. The lowest BCUT2D eigenvalue weighted by atomic mass is 10.1. The van der Waals surface area contributed by atoms with Gasteiger partial charge in [0.05, 0.1) is 17.9 Å². The summed E-state index contributed by atoms with van der Waals surface area (Å²) in [5.41, 5.74) is 2.75. The molecule has 3 aromatic rings. The first-order valence-electron chi connectivity index (χ1n) is 9.87. The van der Waals surface area contributed by atoms with E-state index in [1.807, 2.05) is 26.0 Å². The summed E-state index contributed by atoms with van der Waals surface area (Å²) in [5, 5.41) is 0.367. The second-order valence-electron chi connectivity index (χ2n) is 7.44. The Morgan fingerprint density at radius 1 is 1.16 bits per heavy atom. The largest absolute Gasteiger partial charge is 0.379 e. The van der Waals surface area contributed by atoms with E-state index in [2.05, 4.69) is 9.88 Å². The highest BCUT2D eigenvalue weighted by atomic mass is 35.5. The van der Waals surface area contributed by atoms with Crippen molar-refractivity contribution in [2.75, 3.05) is 44.3 Å². The van der Waals surface area contributed by atoms with E-state index in [0.717, 1.165) is 41.6 Å².